The van der Waals surface area contributed by atoms with E-state index in [1.54, 1.807) is 17.0 Å². The Hall–Kier alpha value is -2.87. The molecule has 8 heteroatoms. The van der Waals surface area contributed by atoms with Crippen molar-refractivity contribution in [1.82, 2.24) is 0 Å². The van der Waals surface area contributed by atoms with Crippen LogP contribution in [0.5, 0.6) is 0 Å². The Morgan fingerprint density at radius 2 is 1.93 bits per heavy atom. The van der Waals surface area contributed by atoms with Gasteiger partial charge in [0.2, 0.25) is 11.8 Å². The van der Waals surface area contributed by atoms with Crippen LogP contribution >= 0.6 is 0 Å². The maximum atomic E-state index is 12.9. The molecule has 0 saturated carbocycles. The third-order valence-corrected chi connectivity index (χ3v) is 6.49. The summed E-state index contributed by atoms with van der Waals surface area (Å²) in [5, 5.41) is 0. The van der Waals surface area contributed by atoms with E-state index in [0.717, 1.165) is 29.7 Å². The van der Waals surface area contributed by atoms with Crippen molar-refractivity contribution in [3.8, 4) is 0 Å². The average Bonchev–Trinajstić information content (AvgIpc) is 2.88. The summed E-state index contributed by atoms with van der Waals surface area (Å²) >= 11 is 0. The van der Waals surface area contributed by atoms with Crippen molar-refractivity contribution < 1.29 is 18.0 Å². The van der Waals surface area contributed by atoms with Crippen LogP contribution in [0.15, 0.2) is 41.3 Å². The van der Waals surface area contributed by atoms with Crippen molar-refractivity contribution in [2.24, 2.45) is 5.73 Å². The van der Waals surface area contributed by atoms with Crippen LogP contribution in [-0.2, 0) is 21.2 Å². The maximum absolute atomic E-state index is 12.9. The zero-order valence-electron chi connectivity index (χ0n) is 14.7. The second-order valence-corrected chi connectivity index (χ2v) is 8.56. The quantitative estimate of drug-likeness (QED) is 0.838. The number of anilines is 2. The number of hydrogen-bond acceptors (Lipinski definition) is 4. The van der Waals surface area contributed by atoms with Crippen LogP contribution in [0.3, 0.4) is 0 Å². The maximum Gasteiger partial charge on any atom is 0.261 e. The van der Waals surface area contributed by atoms with E-state index in [1.807, 2.05) is 6.92 Å². The molecule has 27 heavy (non-hydrogen) atoms. The molecule has 0 spiro atoms. The summed E-state index contributed by atoms with van der Waals surface area (Å²) < 4.78 is 28.3. The lowest BCUT2D eigenvalue weighted by atomic mass is 9.97. The third-order valence-electron chi connectivity index (χ3n) is 5.12. The highest BCUT2D eigenvalue weighted by atomic mass is 32.2. The van der Waals surface area contributed by atoms with E-state index in [9.17, 15) is 18.0 Å². The summed E-state index contributed by atoms with van der Waals surface area (Å²) in [7, 11) is -3.83. The van der Waals surface area contributed by atoms with Crippen molar-refractivity contribution >= 4 is 33.2 Å². The number of nitrogens with zero attached hydrogens (tertiary/aromatic N) is 1. The van der Waals surface area contributed by atoms with Gasteiger partial charge in [-0.25, -0.2) is 8.42 Å². The number of carbonyl (C=O) groups excluding carboxylic acids is 2. The van der Waals surface area contributed by atoms with Gasteiger partial charge in [-0.1, -0.05) is 0 Å². The van der Waals surface area contributed by atoms with Crippen LogP contribution in [0.4, 0.5) is 11.4 Å². The van der Waals surface area contributed by atoms with E-state index >= 15 is 0 Å². The minimum absolute atomic E-state index is 0.0236. The molecule has 4 rings (SSSR count). The lowest BCUT2D eigenvalue weighted by Gasteiger charge is -2.26. The highest BCUT2D eigenvalue weighted by Gasteiger charge is 2.38. The fourth-order valence-electron chi connectivity index (χ4n) is 3.74. The molecule has 0 radical (unpaired) electrons. The summed E-state index contributed by atoms with van der Waals surface area (Å²) in [6.45, 7) is 2.49. The Bertz CT molecular complexity index is 1060. The molecular formula is C19H19N3O4S. The minimum atomic E-state index is -3.83. The number of rotatable bonds is 4. The van der Waals surface area contributed by atoms with E-state index in [1.165, 1.54) is 24.3 Å². The zero-order chi connectivity index (χ0) is 19.3. The normalized spacial score (nSPS) is 18.3. The molecule has 0 aromatic heterocycles. The average molecular weight is 385 g/mol. The fraction of sp³-hybridized carbons (Fsp3) is 0.263. The van der Waals surface area contributed by atoms with Crippen LogP contribution in [0.25, 0.3) is 0 Å². The number of hydrogen-bond donors (Lipinski definition) is 2. The first-order chi connectivity index (χ1) is 12.8. The van der Waals surface area contributed by atoms with Crippen LogP contribution in [0.1, 0.15) is 40.7 Å². The molecule has 1 atom stereocenters. The molecule has 2 heterocycles. The van der Waals surface area contributed by atoms with Crippen molar-refractivity contribution in [2.75, 3.05) is 16.2 Å². The number of primary amides is 1. The minimum Gasteiger partial charge on any atom is -0.366 e. The highest BCUT2D eigenvalue weighted by molar-refractivity contribution is 7.92. The first-order valence-corrected chi connectivity index (χ1v) is 10.2. The van der Waals surface area contributed by atoms with Gasteiger partial charge in [-0.05, 0) is 67.3 Å². The van der Waals surface area contributed by atoms with E-state index < -0.39 is 15.9 Å². The Morgan fingerprint density at radius 3 is 2.59 bits per heavy atom. The summed E-state index contributed by atoms with van der Waals surface area (Å²) in [4.78, 5) is 25.5. The predicted molar refractivity (Wildman–Crippen MR) is 101 cm³/mol. The molecule has 140 valence electrons. The molecule has 0 fully saturated rings. The molecule has 2 aromatic carbocycles. The second-order valence-electron chi connectivity index (χ2n) is 6.88. The van der Waals surface area contributed by atoms with Gasteiger partial charge in [0.25, 0.3) is 10.0 Å². The van der Waals surface area contributed by atoms with Gasteiger partial charge in [-0.15, -0.1) is 0 Å². The monoisotopic (exact) mass is 385 g/mol. The summed E-state index contributed by atoms with van der Waals surface area (Å²) in [6, 6.07) is 9.14. The van der Waals surface area contributed by atoms with Crippen molar-refractivity contribution in [2.45, 2.75) is 30.6 Å². The standard InChI is InChI=1S/C19H19N3O4S/c1-11-16-10-15(9-13-3-2-8-22(17(13)16)19(11)24)27(25,26)21-14-6-4-12(5-7-14)18(20)23/h4-7,9-11,21H,2-3,8H2,1H3,(H2,20,23)/t11-/m0/s1. The van der Waals surface area contributed by atoms with Gasteiger partial charge < -0.3 is 10.6 Å². The summed E-state index contributed by atoms with van der Waals surface area (Å²) in [5.41, 5.74) is 8.36. The topological polar surface area (TPSA) is 110 Å². The number of sulfonamides is 1. The number of carbonyl (C=O) groups is 2. The molecule has 0 aliphatic carbocycles. The molecule has 0 bridgehead atoms. The molecule has 7 nitrogen and oxygen atoms in total. The van der Waals surface area contributed by atoms with Crippen molar-refractivity contribution in [3.05, 3.63) is 53.1 Å². The summed E-state index contributed by atoms with van der Waals surface area (Å²) in [6.07, 6.45) is 1.56. The van der Waals surface area contributed by atoms with E-state index in [2.05, 4.69) is 4.72 Å². The lowest BCUT2D eigenvalue weighted by molar-refractivity contribution is -0.119. The van der Waals surface area contributed by atoms with Gasteiger partial charge in [0.05, 0.1) is 16.5 Å². The first kappa shape index (κ1) is 17.5. The SMILES string of the molecule is C[C@@H]1C(=O)N2CCCc3cc(S(=O)(=O)Nc4ccc(C(N)=O)cc4)cc1c32. The Labute approximate surface area is 157 Å². The molecule has 2 amide bonds. The zero-order valence-corrected chi connectivity index (χ0v) is 15.5. The van der Waals surface area contributed by atoms with Gasteiger partial charge in [0.15, 0.2) is 0 Å². The smallest absolute Gasteiger partial charge is 0.261 e. The third kappa shape index (κ3) is 2.86. The number of amides is 2. The molecule has 0 unspecified atom stereocenters. The van der Waals surface area contributed by atoms with Gasteiger partial charge in [0.1, 0.15) is 0 Å². The largest absolute Gasteiger partial charge is 0.366 e. The molecule has 2 aromatic rings. The van der Waals surface area contributed by atoms with Crippen LogP contribution in [-0.4, -0.2) is 26.8 Å². The lowest BCUT2D eigenvalue weighted by Crippen LogP contribution is -2.32. The highest BCUT2D eigenvalue weighted by Crippen LogP contribution is 2.44. The predicted octanol–water partition coefficient (Wildman–Crippen LogP) is 1.98. The van der Waals surface area contributed by atoms with E-state index in [4.69, 9.17) is 5.73 Å². The molecule has 0 saturated heterocycles. The van der Waals surface area contributed by atoms with Crippen molar-refractivity contribution in [1.29, 1.82) is 0 Å². The first-order valence-electron chi connectivity index (χ1n) is 8.69. The van der Waals surface area contributed by atoms with Gasteiger partial charge in [0, 0.05) is 17.8 Å². The Kier molecular flexibility index (Phi) is 3.96. The van der Waals surface area contributed by atoms with Crippen LogP contribution in [0, 0.1) is 0 Å². The summed E-state index contributed by atoms with van der Waals surface area (Å²) in [5.74, 6) is -0.900. The number of aryl methyl sites for hydroxylation is 1. The van der Waals surface area contributed by atoms with Crippen LogP contribution in [0.2, 0.25) is 0 Å². The number of benzene rings is 2. The number of nitrogens with one attached hydrogen (secondary N) is 1. The van der Waals surface area contributed by atoms with Gasteiger partial charge in [-0.3, -0.25) is 14.3 Å². The number of nitrogens with two attached hydrogens (primary N) is 1. The van der Waals surface area contributed by atoms with Crippen molar-refractivity contribution in [3.63, 3.8) is 0 Å². The second kappa shape index (κ2) is 6.09. The Balaban J connectivity index is 1.71. The van der Waals surface area contributed by atoms with E-state index in [-0.39, 0.29) is 16.7 Å². The molecule has 3 N–H and O–H groups in total. The van der Waals surface area contributed by atoms with Gasteiger partial charge >= 0.3 is 0 Å². The van der Waals surface area contributed by atoms with Gasteiger partial charge in [-0.2, -0.15) is 0 Å². The van der Waals surface area contributed by atoms with Crippen LogP contribution < -0.4 is 15.4 Å². The fourth-order valence-corrected chi connectivity index (χ4v) is 4.88. The molecule has 2 aliphatic heterocycles. The molecular weight excluding hydrogens is 366 g/mol. The molecule has 2 aliphatic rings. The van der Waals surface area contributed by atoms with E-state index in [0.29, 0.717) is 17.8 Å². The Morgan fingerprint density at radius 1 is 1.22 bits per heavy atom.